The highest BCUT2D eigenvalue weighted by Gasteiger charge is 2.09. The maximum Gasteiger partial charge on any atom is 0.174 e. The summed E-state index contributed by atoms with van der Waals surface area (Å²) in [5.41, 5.74) is 0.817. The van der Waals surface area contributed by atoms with Crippen LogP contribution in [0.2, 0.25) is 0 Å². The van der Waals surface area contributed by atoms with Gasteiger partial charge in [-0.2, -0.15) is 0 Å². The standard InChI is InChI=1S/C12H18N4O2/c1-3-17-10(18-4-2)7-14-12-9-5-6-13-11(9)15-8-16-12/h5-6,8,10H,3-4,7H2,1-2H3,(H2,13,14,15,16). The third-order valence-electron chi connectivity index (χ3n) is 2.50. The van der Waals surface area contributed by atoms with Crippen LogP contribution in [0.5, 0.6) is 0 Å². The van der Waals surface area contributed by atoms with Crippen LogP contribution in [0.4, 0.5) is 5.82 Å². The predicted molar refractivity (Wildman–Crippen MR) is 69.4 cm³/mol. The first-order valence-electron chi connectivity index (χ1n) is 6.10. The molecular weight excluding hydrogens is 232 g/mol. The van der Waals surface area contributed by atoms with Gasteiger partial charge in [0.1, 0.15) is 17.8 Å². The fourth-order valence-corrected chi connectivity index (χ4v) is 1.73. The zero-order valence-corrected chi connectivity index (χ0v) is 10.6. The molecule has 98 valence electrons. The highest BCUT2D eigenvalue weighted by Crippen LogP contribution is 2.17. The molecule has 0 atom stereocenters. The van der Waals surface area contributed by atoms with E-state index < -0.39 is 0 Å². The molecule has 0 aliphatic rings. The first-order valence-corrected chi connectivity index (χ1v) is 6.10. The number of H-pyrrole nitrogens is 1. The maximum atomic E-state index is 5.46. The zero-order chi connectivity index (χ0) is 12.8. The van der Waals surface area contributed by atoms with Crippen molar-refractivity contribution in [3.8, 4) is 0 Å². The van der Waals surface area contributed by atoms with E-state index in [1.54, 1.807) is 0 Å². The lowest BCUT2D eigenvalue weighted by atomic mass is 10.4. The van der Waals surface area contributed by atoms with E-state index in [4.69, 9.17) is 9.47 Å². The second-order valence-electron chi connectivity index (χ2n) is 3.68. The summed E-state index contributed by atoms with van der Waals surface area (Å²) in [7, 11) is 0. The summed E-state index contributed by atoms with van der Waals surface area (Å²) >= 11 is 0. The van der Waals surface area contributed by atoms with E-state index in [-0.39, 0.29) is 6.29 Å². The largest absolute Gasteiger partial charge is 0.364 e. The summed E-state index contributed by atoms with van der Waals surface area (Å²) in [5, 5.41) is 4.18. The van der Waals surface area contributed by atoms with Crippen LogP contribution in [0.3, 0.4) is 0 Å². The highest BCUT2D eigenvalue weighted by molar-refractivity contribution is 5.86. The zero-order valence-electron chi connectivity index (χ0n) is 10.6. The number of nitrogens with one attached hydrogen (secondary N) is 2. The van der Waals surface area contributed by atoms with Crippen LogP contribution in [-0.2, 0) is 9.47 Å². The van der Waals surface area contributed by atoms with Crippen molar-refractivity contribution in [2.45, 2.75) is 20.1 Å². The van der Waals surface area contributed by atoms with Gasteiger partial charge < -0.3 is 19.8 Å². The topological polar surface area (TPSA) is 72.1 Å². The first kappa shape index (κ1) is 12.8. The first-order chi connectivity index (χ1) is 8.85. The average molecular weight is 250 g/mol. The fourth-order valence-electron chi connectivity index (χ4n) is 1.73. The van der Waals surface area contributed by atoms with Crippen LogP contribution in [0.15, 0.2) is 18.6 Å². The van der Waals surface area contributed by atoms with Crippen molar-refractivity contribution in [3.05, 3.63) is 18.6 Å². The number of ether oxygens (including phenoxy) is 2. The van der Waals surface area contributed by atoms with E-state index in [1.807, 2.05) is 26.1 Å². The van der Waals surface area contributed by atoms with Gasteiger partial charge in [0.2, 0.25) is 0 Å². The normalized spacial score (nSPS) is 11.3. The monoisotopic (exact) mass is 250 g/mol. The van der Waals surface area contributed by atoms with E-state index in [1.165, 1.54) is 6.33 Å². The minimum absolute atomic E-state index is 0.260. The van der Waals surface area contributed by atoms with Crippen LogP contribution >= 0.6 is 0 Å². The molecule has 2 aromatic heterocycles. The number of aromatic amines is 1. The SMILES string of the molecule is CCOC(CNc1ncnc2[nH]ccc12)OCC. The molecule has 0 aliphatic carbocycles. The molecule has 0 unspecified atom stereocenters. The van der Waals surface area contributed by atoms with Crippen LogP contribution in [0.25, 0.3) is 11.0 Å². The molecule has 2 aromatic rings. The lowest BCUT2D eigenvalue weighted by Gasteiger charge is -2.17. The van der Waals surface area contributed by atoms with Crippen molar-refractivity contribution in [2.75, 3.05) is 25.1 Å². The van der Waals surface area contributed by atoms with Crippen molar-refractivity contribution in [1.82, 2.24) is 15.0 Å². The van der Waals surface area contributed by atoms with Gasteiger partial charge in [-0.25, -0.2) is 9.97 Å². The number of hydrogen-bond donors (Lipinski definition) is 2. The van der Waals surface area contributed by atoms with Crippen LogP contribution in [0.1, 0.15) is 13.8 Å². The quantitative estimate of drug-likeness (QED) is 0.733. The summed E-state index contributed by atoms with van der Waals surface area (Å²) in [6.07, 6.45) is 3.11. The second kappa shape index (κ2) is 6.32. The van der Waals surface area contributed by atoms with Gasteiger partial charge >= 0.3 is 0 Å². The molecule has 0 spiro atoms. The molecule has 6 heteroatoms. The van der Waals surface area contributed by atoms with Gasteiger partial charge in [0.25, 0.3) is 0 Å². The molecule has 0 saturated heterocycles. The number of anilines is 1. The Labute approximate surface area is 106 Å². The Morgan fingerprint density at radius 1 is 1.28 bits per heavy atom. The number of nitrogens with zero attached hydrogens (tertiary/aromatic N) is 2. The fraction of sp³-hybridized carbons (Fsp3) is 0.500. The van der Waals surface area contributed by atoms with Gasteiger partial charge in [0, 0.05) is 19.4 Å². The molecule has 0 amide bonds. The molecule has 2 heterocycles. The Morgan fingerprint density at radius 2 is 2.06 bits per heavy atom. The summed E-state index contributed by atoms with van der Waals surface area (Å²) < 4.78 is 10.9. The molecule has 0 saturated carbocycles. The van der Waals surface area contributed by atoms with Gasteiger partial charge in [-0.15, -0.1) is 0 Å². The van der Waals surface area contributed by atoms with Crippen molar-refractivity contribution in [1.29, 1.82) is 0 Å². The van der Waals surface area contributed by atoms with E-state index in [2.05, 4.69) is 20.3 Å². The van der Waals surface area contributed by atoms with Crippen LogP contribution in [-0.4, -0.2) is 41.0 Å². The number of hydrogen-bond acceptors (Lipinski definition) is 5. The van der Waals surface area contributed by atoms with Crippen molar-refractivity contribution >= 4 is 16.9 Å². The van der Waals surface area contributed by atoms with E-state index >= 15 is 0 Å². The van der Waals surface area contributed by atoms with Gasteiger partial charge in [-0.3, -0.25) is 0 Å². The second-order valence-corrected chi connectivity index (χ2v) is 3.68. The Morgan fingerprint density at radius 3 is 2.78 bits per heavy atom. The molecule has 6 nitrogen and oxygen atoms in total. The summed E-state index contributed by atoms with van der Waals surface area (Å²) in [4.78, 5) is 11.4. The van der Waals surface area contributed by atoms with Gasteiger partial charge in [-0.1, -0.05) is 0 Å². The maximum absolute atomic E-state index is 5.46. The van der Waals surface area contributed by atoms with Crippen molar-refractivity contribution < 1.29 is 9.47 Å². The Kier molecular flexibility index (Phi) is 4.49. The highest BCUT2D eigenvalue weighted by atomic mass is 16.7. The third kappa shape index (κ3) is 2.96. The van der Waals surface area contributed by atoms with Crippen LogP contribution in [0, 0.1) is 0 Å². The number of aromatic nitrogens is 3. The van der Waals surface area contributed by atoms with E-state index in [9.17, 15) is 0 Å². The van der Waals surface area contributed by atoms with Gasteiger partial charge in [0.05, 0.1) is 11.9 Å². The summed E-state index contributed by atoms with van der Waals surface area (Å²) in [6, 6.07) is 1.94. The Bertz CT molecular complexity index is 480. The Balaban J connectivity index is 2.02. The van der Waals surface area contributed by atoms with Crippen molar-refractivity contribution in [3.63, 3.8) is 0 Å². The lowest BCUT2D eigenvalue weighted by Crippen LogP contribution is -2.26. The lowest BCUT2D eigenvalue weighted by molar-refractivity contribution is -0.126. The van der Waals surface area contributed by atoms with Crippen LogP contribution < -0.4 is 5.32 Å². The molecule has 0 aliphatic heterocycles. The van der Waals surface area contributed by atoms with Crippen molar-refractivity contribution in [2.24, 2.45) is 0 Å². The molecule has 2 rings (SSSR count). The molecular formula is C12H18N4O2. The predicted octanol–water partition coefficient (Wildman–Crippen LogP) is 1.77. The molecule has 0 radical (unpaired) electrons. The van der Waals surface area contributed by atoms with Gasteiger partial charge in [0.15, 0.2) is 6.29 Å². The smallest absolute Gasteiger partial charge is 0.174 e. The molecule has 18 heavy (non-hydrogen) atoms. The number of rotatable bonds is 7. The molecule has 0 fully saturated rings. The van der Waals surface area contributed by atoms with Gasteiger partial charge in [-0.05, 0) is 19.9 Å². The van der Waals surface area contributed by atoms with E-state index in [0.717, 1.165) is 16.9 Å². The Hall–Kier alpha value is -1.66. The summed E-state index contributed by atoms with van der Waals surface area (Å²) in [5.74, 6) is 0.783. The summed E-state index contributed by atoms with van der Waals surface area (Å²) in [6.45, 7) is 5.69. The number of fused-ring (bicyclic) bond motifs is 1. The average Bonchev–Trinajstić information content (AvgIpc) is 2.85. The molecule has 0 bridgehead atoms. The third-order valence-corrected chi connectivity index (χ3v) is 2.50. The van der Waals surface area contributed by atoms with E-state index in [0.29, 0.717) is 19.8 Å². The minimum Gasteiger partial charge on any atom is -0.364 e. The minimum atomic E-state index is -0.260. The molecule has 0 aromatic carbocycles. The molecule has 2 N–H and O–H groups in total.